The Kier molecular flexibility index (Phi) is 3.48. The van der Waals surface area contributed by atoms with Gasteiger partial charge in [0.1, 0.15) is 5.60 Å². The maximum atomic E-state index is 12.2. The Morgan fingerprint density at radius 3 is 2.82 bits per heavy atom. The number of carbonyl (C=O) groups is 1. The second-order valence-electron chi connectivity index (χ2n) is 5.60. The minimum absolute atomic E-state index is 0.129. The third-order valence-corrected chi connectivity index (χ3v) is 4.23. The van der Waals surface area contributed by atoms with Crippen LogP contribution in [0.1, 0.15) is 59.3 Å². The minimum Gasteiger partial charge on any atom is -0.464 e. The number of epoxide rings is 1. The highest BCUT2D eigenvalue weighted by Crippen LogP contribution is 2.60. The Morgan fingerprint density at radius 2 is 2.24 bits per heavy atom. The molecule has 3 unspecified atom stereocenters. The van der Waals surface area contributed by atoms with E-state index < -0.39 is 5.60 Å². The van der Waals surface area contributed by atoms with Crippen LogP contribution in [0.2, 0.25) is 0 Å². The summed E-state index contributed by atoms with van der Waals surface area (Å²) in [6, 6.07) is 0. The molecular weight excluding hydrogens is 216 g/mol. The lowest BCUT2D eigenvalue weighted by atomic mass is 9.74. The first-order valence-corrected chi connectivity index (χ1v) is 6.97. The molecule has 3 heteroatoms. The zero-order valence-corrected chi connectivity index (χ0v) is 11.3. The number of esters is 1. The van der Waals surface area contributed by atoms with Crippen molar-refractivity contribution in [2.75, 3.05) is 6.61 Å². The van der Waals surface area contributed by atoms with Gasteiger partial charge in [0.05, 0.1) is 6.61 Å². The second kappa shape index (κ2) is 4.60. The molecule has 17 heavy (non-hydrogen) atoms. The van der Waals surface area contributed by atoms with Crippen molar-refractivity contribution in [2.45, 2.75) is 70.5 Å². The third-order valence-electron chi connectivity index (χ3n) is 4.23. The standard InChI is InChI=1S/C14H24O3/c1-4-8-14(12(15)16-5-2)13(17-14)9-6-7-11(3)10-13/h11H,4-10H2,1-3H3. The fourth-order valence-electron chi connectivity index (χ4n) is 3.48. The number of carbonyl (C=O) groups excluding carboxylic acids is 1. The molecule has 1 spiro atoms. The van der Waals surface area contributed by atoms with Crippen LogP contribution in [0, 0.1) is 5.92 Å². The van der Waals surface area contributed by atoms with Crippen LogP contribution in [0.3, 0.4) is 0 Å². The van der Waals surface area contributed by atoms with Gasteiger partial charge in [-0.05, 0) is 32.1 Å². The van der Waals surface area contributed by atoms with E-state index in [2.05, 4.69) is 13.8 Å². The predicted molar refractivity (Wildman–Crippen MR) is 65.7 cm³/mol. The van der Waals surface area contributed by atoms with E-state index >= 15 is 0 Å². The molecule has 0 aromatic heterocycles. The van der Waals surface area contributed by atoms with Gasteiger partial charge in [-0.1, -0.05) is 33.1 Å². The molecule has 3 nitrogen and oxygen atoms in total. The van der Waals surface area contributed by atoms with Crippen molar-refractivity contribution in [1.82, 2.24) is 0 Å². The van der Waals surface area contributed by atoms with E-state index in [0.29, 0.717) is 12.5 Å². The number of rotatable bonds is 4. The Labute approximate surface area is 104 Å². The molecule has 0 N–H and O–H groups in total. The molecule has 1 saturated heterocycles. The first-order valence-electron chi connectivity index (χ1n) is 6.97. The van der Waals surface area contributed by atoms with Crippen molar-refractivity contribution < 1.29 is 14.3 Å². The maximum Gasteiger partial charge on any atom is 0.341 e. The molecule has 2 aliphatic rings. The summed E-state index contributed by atoms with van der Waals surface area (Å²) in [6.07, 6.45) is 6.25. The van der Waals surface area contributed by atoms with Crippen LogP contribution in [-0.4, -0.2) is 23.8 Å². The SMILES string of the molecule is CCCC1(C(=O)OCC)OC12CCCC(C)C2. The molecule has 0 aromatic rings. The van der Waals surface area contributed by atoms with E-state index in [0.717, 1.165) is 25.7 Å². The summed E-state index contributed by atoms with van der Waals surface area (Å²) < 4.78 is 11.2. The average molecular weight is 240 g/mol. The monoisotopic (exact) mass is 240 g/mol. The molecule has 0 radical (unpaired) electrons. The number of ether oxygens (including phenoxy) is 2. The van der Waals surface area contributed by atoms with Crippen LogP contribution in [-0.2, 0) is 14.3 Å². The lowest BCUT2D eigenvalue weighted by molar-refractivity contribution is -0.150. The molecular formula is C14H24O3. The van der Waals surface area contributed by atoms with E-state index in [4.69, 9.17) is 9.47 Å². The van der Waals surface area contributed by atoms with Gasteiger partial charge in [-0.2, -0.15) is 0 Å². The molecule has 0 bridgehead atoms. The van der Waals surface area contributed by atoms with Crippen LogP contribution in [0.15, 0.2) is 0 Å². The molecule has 98 valence electrons. The second-order valence-corrected chi connectivity index (χ2v) is 5.60. The zero-order valence-electron chi connectivity index (χ0n) is 11.3. The fraction of sp³-hybridized carbons (Fsp3) is 0.929. The van der Waals surface area contributed by atoms with Crippen LogP contribution >= 0.6 is 0 Å². The molecule has 0 aromatic carbocycles. The van der Waals surface area contributed by atoms with Gasteiger partial charge >= 0.3 is 5.97 Å². The van der Waals surface area contributed by atoms with Crippen molar-refractivity contribution in [3.05, 3.63) is 0 Å². The predicted octanol–water partition coefficient (Wildman–Crippen LogP) is 3.07. The van der Waals surface area contributed by atoms with Crippen molar-refractivity contribution >= 4 is 5.97 Å². The van der Waals surface area contributed by atoms with Gasteiger partial charge in [0.25, 0.3) is 0 Å². The van der Waals surface area contributed by atoms with Crippen LogP contribution < -0.4 is 0 Å². The Hall–Kier alpha value is -0.570. The number of hydrogen-bond donors (Lipinski definition) is 0. The lowest BCUT2D eigenvalue weighted by Gasteiger charge is -2.27. The van der Waals surface area contributed by atoms with Crippen molar-refractivity contribution in [3.63, 3.8) is 0 Å². The molecule has 0 amide bonds. The van der Waals surface area contributed by atoms with Gasteiger partial charge in [-0.3, -0.25) is 0 Å². The molecule has 1 aliphatic heterocycles. The highest BCUT2D eigenvalue weighted by molar-refractivity contribution is 5.85. The first-order chi connectivity index (χ1) is 8.10. The topological polar surface area (TPSA) is 38.8 Å². The van der Waals surface area contributed by atoms with Gasteiger partial charge in [0.2, 0.25) is 0 Å². The first kappa shape index (κ1) is 12.9. The summed E-state index contributed by atoms with van der Waals surface area (Å²) >= 11 is 0. The molecule has 2 fully saturated rings. The third kappa shape index (κ3) is 1.99. The molecule has 2 rings (SSSR count). The van der Waals surface area contributed by atoms with Crippen LogP contribution in [0.5, 0.6) is 0 Å². The smallest absolute Gasteiger partial charge is 0.341 e. The van der Waals surface area contributed by atoms with Crippen LogP contribution in [0.25, 0.3) is 0 Å². The highest BCUT2D eigenvalue weighted by Gasteiger charge is 2.74. The van der Waals surface area contributed by atoms with Gasteiger partial charge < -0.3 is 9.47 Å². The summed E-state index contributed by atoms with van der Waals surface area (Å²) in [7, 11) is 0. The van der Waals surface area contributed by atoms with Crippen molar-refractivity contribution in [2.24, 2.45) is 5.92 Å². The van der Waals surface area contributed by atoms with E-state index in [-0.39, 0.29) is 11.6 Å². The van der Waals surface area contributed by atoms with Gasteiger partial charge in [0, 0.05) is 0 Å². The normalized spacial score (nSPS) is 40.3. The average Bonchev–Trinajstić information content (AvgIpc) is 2.87. The van der Waals surface area contributed by atoms with Crippen LogP contribution in [0.4, 0.5) is 0 Å². The van der Waals surface area contributed by atoms with E-state index in [1.165, 1.54) is 12.8 Å². The largest absolute Gasteiger partial charge is 0.464 e. The summed E-state index contributed by atoms with van der Waals surface area (Å²) in [5.41, 5.74) is -0.792. The quantitative estimate of drug-likeness (QED) is 0.560. The van der Waals surface area contributed by atoms with Crippen molar-refractivity contribution in [1.29, 1.82) is 0 Å². The lowest BCUT2D eigenvalue weighted by Crippen LogP contribution is -2.38. The van der Waals surface area contributed by atoms with Gasteiger partial charge in [-0.25, -0.2) is 4.79 Å². The zero-order chi connectivity index (χ0) is 12.5. The number of hydrogen-bond acceptors (Lipinski definition) is 3. The molecule has 3 atom stereocenters. The molecule has 1 saturated carbocycles. The summed E-state index contributed by atoms with van der Waals surface area (Å²) in [4.78, 5) is 12.2. The maximum absolute atomic E-state index is 12.2. The Morgan fingerprint density at radius 1 is 1.47 bits per heavy atom. The van der Waals surface area contributed by atoms with E-state index in [1.54, 1.807) is 0 Å². The molecule has 1 heterocycles. The molecule has 1 aliphatic carbocycles. The summed E-state index contributed by atoms with van der Waals surface area (Å²) in [6.45, 7) is 6.66. The van der Waals surface area contributed by atoms with E-state index in [1.807, 2.05) is 6.92 Å². The fourth-order valence-corrected chi connectivity index (χ4v) is 3.48. The summed E-state index contributed by atoms with van der Waals surface area (Å²) in [5, 5.41) is 0. The van der Waals surface area contributed by atoms with E-state index in [9.17, 15) is 4.79 Å². The highest BCUT2D eigenvalue weighted by atomic mass is 16.7. The minimum atomic E-state index is -0.605. The van der Waals surface area contributed by atoms with Gasteiger partial charge in [-0.15, -0.1) is 0 Å². The van der Waals surface area contributed by atoms with Crippen molar-refractivity contribution in [3.8, 4) is 0 Å². The summed E-state index contributed by atoms with van der Waals surface area (Å²) in [5.74, 6) is 0.535. The Bertz CT molecular complexity index is 302. The van der Waals surface area contributed by atoms with Gasteiger partial charge in [0.15, 0.2) is 5.60 Å². The Balaban J connectivity index is 2.13.